The molecule has 0 aliphatic heterocycles. The molecule has 0 heterocycles. The van der Waals surface area contributed by atoms with Crippen LogP contribution in [-0.2, 0) is 4.18 Å². The van der Waals surface area contributed by atoms with Crippen LogP contribution in [0.2, 0.25) is 0 Å². The van der Waals surface area contributed by atoms with E-state index in [4.69, 9.17) is 5.73 Å². The summed E-state index contributed by atoms with van der Waals surface area (Å²) in [5, 5.41) is 0. The lowest BCUT2D eigenvalue weighted by molar-refractivity contribution is 0.397. The van der Waals surface area contributed by atoms with Gasteiger partial charge in [0.15, 0.2) is 0 Å². The monoisotopic (exact) mass is 79.0 g/mol. The lowest BCUT2D eigenvalue weighted by Crippen LogP contribution is -1.95. The summed E-state index contributed by atoms with van der Waals surface area (Å²) in [6.07, 6.45) is 0. The van der Waals surface area contributed by atoms with Gasteiger partial charge >= 0.3 is 0 Å². The van der Waals surface area contributed by atoms with E-state index in [9.17, 15) is 0 Å². The highest BCUT2D eigenvalue weighted by Gasteiger charge is 1.52. The molecule has 0 amide bonds. The molecule has 0 aliphatic carbocycles. The zero-order chi connectivity index (χ0) is 3.41. The van der Waals surface area contributed by atoms with Gasteiger partial charge in [0.2, 0.25) is 0 Å². The van der Waals surface area contributed by atoms with Crippen LogP contribution in [0.5, 0.6) is 0 Å². The molecule has 0 saturated carbocycles. The highest BCUT2D eigenvalue weighted by Crippen LogP contribution is 1.63. The third-order valence-electron chi connectivity index (χ3n) is 0.0745. The molecule has 0 unspecified atom stereocenters. The minimum atomic E-state index is 0.184. The standard InChI is InChI=1S/CH5NOS/c2-1-3-4/h4H,1-2H2. The summed E-state index contributed by atoms with van der Waals surface area (Å²) < 4.78 is 4.01. The molecule has 0 aromatic heterocycles. The second-order valence-corrected chi connectivity index (χ2v) is 0.554. The van der Waals surface area contributed by atoms with Gasteiger partial charge in [0.05, 0.1) is 0 Å². The van der Waals surface area contributed by atoms with E-state index in [0.717, 1.165) is 0 Å². The van der Waals surface area contributed by atoms with Crippen molar-refractivity contribution in [2.24, 2.45) is 5.73 Å². The Kier molecular flexibility index (Phi) is 3.49. The fourth-order valence-corrected chi connectivity index (χ4v) is 0. The fourth-order valence-electron chi connectivity index (χ4n) is 0. The molecular formula is CH5NOS. The summed E-state index contributed by atoms with van der Waals surface area (Å²) in [6, 6.07) is 0. The van der Waals surface area contributed by atoms with E-state index in [0.29, 0.717) is 0 Å². The van der Waals surface area contributed by atoms with Gasteiger partial charge < -0.3 is 9.92 Å². The van der Waals surface area contributed by atoms with Crippen LogP contribution in [0, 0.1) is 0 Å². The Bertz CT molecular complexity index is 10.0. The first-order valence-electron chi connectivity index (χ1n) is 0.879. The SMILES string of the molecule is NCOS. The van der Waals surface area contributed by atoms with Crippen molar-refractivity contribution < 1.29 is 4.18 Å². The van der Waals surface area contributed by atoms with Crippen LogP contribution in [0.25, 0.3) is 0 Å². The Morgan fingerprint density at radius 2 is 2.25 bits per heavy atom. The Morgan fingerprint density at radius 1 is 2.00 bits per heavy atom. The summed E-state index contributed by atoms with van der Waals surface area (Å²) in [5.74, 6) is 0. The topological polar surface area (TPSA) is 35.2 Å². The summed E-state index contributed by atoms with van der Waals surface area (Å²) >= 11 is 3.30. The number of hydrogen-bond donors (Lipinski definition) is 2. The van der Waals surface area contributed by atoms with Gasteiger partial charge in [-0.05, 0) is 12.9 Å². The van der Waals surface area contributed by atoms with Crippen molar-refractivity contribution in [3.05, 3.63) is 0 Å². The predicted molar refractivity (Wildman–Crippen MR) is 19.1 cm³/mol. The normalized spacial score (nSPS) is 7.50. The molecule has 4 heavy (non-hydrogen) atoms. The van der Waals surface area contributed by atoms with E-state index in [-0.39, 0.29) is 6.73 Å². The van der Waals surface area contributed by atoms with Crippen molar-refractivity contribution in [2.75, 3.05) is 6.73 Å². The third kappa shape index (κ3) is 2.27. The van der Waals surface area contributed by atoms with Crippen LogP contribution in [0.4, 0.5) is 0 Å². The molecule has 2 N–H and O–H groups in total. The van der Waals surface area contributed by atoms with Gasteiger partial charge in [-0.15, -0.1) is 0 Å². The molecule has 0 bridgehead atoms. The van der Waals surface area contributed by atoms with Gasteiger partial charge in [0.25, 0.3) is 0 Å². The summed E-state index contributed by atoms with van der Waals surface area (Å²) in [6.45, 7) is 0.184. The molecule has 0 radical (unpaired) electrons. The maximum absolute atomic E-state index is 4.73. The summed E-state index contributed by atoms with van der Waals surface area (Å²) in [5.41, 5.74) is 4.73. The quantitative estimate of drug-likeness (QED) is 0.258. The summed E-state index contributed by atoms with van der Waals surface area (Å²) in [7, 11) is 0. The number of thiol groups is 1. The molecule has 0 rings (SSSR count). The largest absolute Gasteiger partial charge is 0.308 e. The molecule has 0 aromatic rings. The van der Waals surface area contributed by atoms with E-state index in [2.05, 4.69) is 17.1 Å². The highest BCUT2D eigenvalue weighted by atomic mass is 32.1. The van der Waals surface area contributed by atoms with Crippen LogP contribution in [0.3, 0.4) is 0 Å². The van der Waals surface area contributed by atoms with Gasteiger partial charge in [-0.3, -0.25) is 0 Å². The van der Waals surface area contributed by atoms with Crippen LogP contribution in [0.15, 0.2) is 0 Å². The zero-order valence-electron chi connectivity index (χ0n) is 2.14. The third-order valence-corrected chi connectivity index (χ3v) is 0.224. The van der Waals surface area contributed by atoms with E-state index < -0.39 is 0 Å². The zero-order valence-corrected chi connectivity index (χ0v) is 3.03. The van der Waals surface area contributed by atoms with Crippen molar-refractivity contribution >= 4 is 12.9 Å². The van der Waals surface area contributed by atoms with Crippen LogP contribution < -0.4 is 5.73 Å². The number of nitrogens with two attached hydrogens (primary N) is 1. The van der Waals surface area contributed by atoms with Gasteiger partial charge in [-0.2, -0.15) is 0 Å². The maximum Gasteiger partial charge on any atom is 0.109 e. The molecule has 0 aromatic carbocycles. The second-order valence-electron chi connectivity index (χ2n) is 0.296. The Balaban J connectivity index is 1.97. The average molecular weight is 79.1 g/mol. The van der Waals surface area contributed by atoms with Crippen LogP contribution >= 0.6 is 12.9 Å². The van der Waals surface area contributed by atoms with Gasteiger partial charge in [-0.25, -0.2) is 0 Å². The second kappa shape index (κ2) is 3.27. The van der Waals surface area contributed by atoms with Crippen molar-refractivity contribution in [3.63, 3.8) is 0 Å². The first-order valence-corrected chi connectivity index (χ1v) is 1.24. The molecular weight excluding hydrogens is 74.1 g/mol. The minimum absolute atomic E-state index is 0.184. The van der Waals surface area contributed by atoms with Crippen molar-refractivity contribution in [2.45, 2.75) is 0 Å². The lowest BCUT2D eigenvalue weighted by Gasteiger charge is -1.75. The fraction of sp³-hybridized carbons (Fsp3) is 1.00. The Labute approximate surface area is 30.6 Å². The predicted octanol–water partition coefficient (Wildman–Crippen LogP) is -0.236. The van der Waals surface area contributed by atoms with E-state index >= 15 is 0 Å². The van der Waals surface area contributed by atoms with Gasteiger partial charge in [0, 0.05) is 0 Å². The Morgan fingerprint density at radius 3 is 2.25 bits per heavy atom. The van der Waals surface area contributed by atoms with Crippen molar-refractivity contribution in [3.8, 4) is 0 Å². The Hall–Kier alpha value is 0.270. The smallest absolute Gasteiger partial charge is 0.109 e. The molecule has 0 saturated heterocycles. The number of hydrogen-bond acceptors (Lipinski definition) is 3. The molecule has 26 valence electrons. The summed E-state index contributed by atoms with van der Waals surface area (Å²) in [4.78, 5) is 0. The molecule has 0 fully saturated rings. The maximum atomic E-state index is 4.73. The van der Waals surface area contributed by atoms with Crippen molar-refractivity contribution in [1.29, 1.82) is 0 Å². The van der Waals surface area contributed by atoms with Gasteiger partial charge in [0.1, 0.15) is 6.73 Å². The molecule has 0 spiro atoms. The first-order chi connectivity index (χ1) is 1.91. The van der Waals surface area contributed by atoms with E-state index in [1.165, 1.54) is 0 Å². The van der Waals surface area contributed by atoms with Crippen LogP contribution in [0.1, 0.15) is 0 Å². The lowest BCUT2D eigenvalue weighted by atomic mass is 11.4. The number of rotatable bonds is 1. The highest BCUT2D eigenvalue weighted by molar-refractivity contribution is 7.75. The van der Waals surface area contributed by atoms with E-state index in [1.54, 1.807) is 0 Å². The molecule has 0 atom stereocenters. The first kappa shape index (κ1) is 4.27. The van der Waals surface area contributed by atoms with Crippen molar-refractivity contribution in [1.82, 2.24) is 0 Å². The van der Waals surface area contributed by atoms with E-state index in [1.807, 2.05) is 0 Å². The molecule has 2 nitrogen and oxygen atoms in total. The van der Waals surface area contributed by atoms with Gasteiger partial charge in [-0.1, -0.05) is 0 Å². The average Bonchev–Trinajstić information content (AvgIpc) is 1.37. The molecule has 0 aliphatic rings. The van der Waals surface area contributed by atoms with Crippen LogP contribution in [-0.4, -0.2) is 6.73 Å². The minimum Gasteiger partial charge on any atom is -0.308 e. The molecule has 3 heteroatoms.